The number of carbonyl (C=O) groups is 2. The van der Waals surface area contributed by atoms with E-state index in [0.29, 0.717) is 13.1 Å². The smallest absolute Gasteiger partial charge is 0.317 e. The van der Waals surface area contributed by atoms with Gasteiger partial charge >= 0.3 is 6.03 Å². The Morgan fingerprint density at radius 3 is 2.80 bits per heavy atom. The van der Waals surface area contributed by atoms with E-state index >= 15 is 0 Å². The van der Waals surface area contributed by atoms with Gasteiger partial charge in [0.25, 0.3) is 0 Å². The summed E-state index contributed by atoms with van der Waals surface area (Å²) in [6, 6.07) is 8.64. The summed E-state index contributed by atoms with van der Waals surface area (Å²) < 4.78 is 0. The Hall–Kier alpha value is -2.08. The molecule has 1 atom stereocenters. The molecular formula is C19H28N4O2. The number of carbonyl (C=O) groups excluding carboxylic acids is 2. The van der Waals surface area contributed by atoms with Crippen LogP contribution in [0.25, 0.3) is 0 Å². The van der Waals surface area contributed by atoms with Crippen LogP contribution in [0.2, 0.25) is 0 Å². The lowest BCUT2D eigenvalue weighted by atomic mass is 10.00. The van der Waals surface area contributed by atoms with Crippen molar-refractivity contribution in [2.24, 2.45) is 0 Å². The summed E-state index contributed by atoms with van der Waals surface area (Å²) in [7, 11) is 0. The second-order valence-corrected chi connectivity index (χ2v) is 7.01. The van der Waals surface area contributed by atoms with Crippen LogP contribution >= 0.6 is 0 Å². The lowest BCUT2D eigenvalue weighted by molar-refractivity contribution is -0.119. The third-order valence-electron chi connectivity index (χ3n) is 5.03. The number of nitrogens with zero attached hydrogens (tertiary/aromatic N) is 2. The molecule has 0 saturated carbocycles. The molecule has 6 heteroatoms. The topological polar surface area (TPSA) is 64.7 Å². The number of piperidine rings is 1. The molecule has 136 valence electrons. The minimum Gasteiger partial charge on any atom is -0.352 e. The Morgan fingerprint density at radius 2 is 2.00 bits per heavy atom. The van der Waals surface area contributed by atoms with Crippen molar-refractivity contribution in [3.8, 4) is 0 Å². The standard InChI is InChI=1S/C19H28N4O2/c1-15(24)21-18-7-4-10-23(14-18)19(25)20-9-12-22-11-8-16-5-2-3-6-17(16)13-22/h2-3,5-6,18H,4,7-14H2,1H3,(H,20,25)(H,21,24). The van der Waals surface area contributed by atoms with Crippen molar-refractivity contribution < 1.29 is 9.59 Å². The normalized spacial score (nSPS) is 20.7. The van der Waals surface area contributed by atoms with E-state index < -0.39 is 0 Å². The number of rotatable bonds is 4. The molecular weight excluding hydrogens is 316 g/mol. The number of nitrogens with one attached hydrogen (secondary N) is 2. The largest absolute Gasteiger partial charge is 0.352 e. The van der Waals surface area contributed by atoms with Gasteiger partial charge in [0, 0.05) is 52.2 Å². The quantitative estimate of drug-likeness (QED) is 0.867. The highest BCUT2D eigenvalue weighted by Crippen LogP contribution is 2.17. The molecule has 2 N–H and O–H groups in total. The number of amides is 3. The van der Waals surface area contributed by atoms with Gasteiger partial charge in [0.05, 0.1) is 0 Å². The van der Waals surface area contributed by atoms with Gasteiger partial charge in [-0.25, -0.2) is 4.79 Å². The molecule has 2 aliphatic heterocycles. The minimum atomic E-state index is -0.0300. The maximum Gasteiger partial charge on any atom is 0.317 e. The van der Waals surface area contributed by atoms with Gasteiger partial charge in [-0.05, 0) is 30.4 Å². The van der Waals surface area contributed by atoms with Crippen molar-refractivity contribution in [3.05, 3.63) is 35.4 Å². The molecule has 2 aliphatic rings. The third-order valence-corrected chi connectivity index (χ3v) is 5.03. The molecule has 0 aliphatic carbocycles. The third kappa shape index (κ3) is 4.95. The van der Waals surface area contributed by atoms with E-state index in [1.165, 1.54) is 18.1 Å². The Balaban J connectivity index is 1.40. The Kier molecular flexibility index (Phi) is 5.91. The molecule has 6 nitrogen and oxygen atoms in total. The average Bonchev–Trinajstić information content (AvgIpc) is 2.61. The second-order valence-electron chi connectivity index (χ2n) is 7.01. The number of hydrogen-bond donors (Lipinski definition) is 2. The molecule has 0 bridgehead atoms. The molecule has 25 heavy (non-hydrogen) atoms. The monoisotopic (exact) mass is 344 g/mol. The number of urea groups is 1. The van der Waals surface area contributed by atoms with Crippen LogP contribution in [0.1, 0.15) is 30.9 Å². The van der Waals surface area contributed by atoms with Crippen LogP contribution in [0.5, 0.6) is 0 Å². The molecule has 3 rings (SSSR count). The maximum absolute atomic E-state index is 12.4. The fraction of sp³-hybridized carbons (Fsp3) is 0.579. The molecule has 1 saturated heterocycles. The molecule has 0 radical (unpaired) electrons. The van der Waals surface area contributed by atoms with E-state index in [0.717, 1.165) is 45.4 Å². The minimum absolute atomic E-state index is 0.0209. The number of likely N-dealkylation sites (tertiary alicyclic amines) is 1. The van der Waals surface area contributed by atoms with Gasteiger partial charge in [0.2, 0.25) is 5.91 Å². The van der Waals surface area contributed by atoms with Gasteiger partial charge in [0.15, 0.2) is 0 Å². The average molecular weight is 344 g/mol. The molecule has 1 unspecified atom stereocenters. The van der Waals surface area contributed by atoms with Gasteiger partial charge in [-0.2, -0.15) is 0 Å². The highest BCUT2D eigenvalue weighted by atomic mass is 16.2. The van der Waals surface area contributed by atoms with Crippen LogP contribution in [0.4, 0.5) is 4.79 Å². The maximum atomic E-state index is 12.4. The molecule has 1 aromatic carbocycles. The van der Waals surface area contributed by atoms with Gasteiger partial charge in [-0.15, -0.1) is 0 Å². The van der Waals surface area contributed by atoms with Crippen LogP contribution in [0.15, 0.2) is 24.3 Å². The van der Waals surface area contributed by atoms with Crippen molar-refractivity contribution in [1.82, 2.24) is 20.4 Å². The van der Waals surface area contributed by atoms with Crippen LogP contribution in [-0.4, -0.2) is 60.5 Å². The van der Waals surface area contributed by atoms with Crippen LogP contribution < -0.4 is 10.6 Å². The van der Waals surface area contributed by atoms with Gasteiger partial charge in [-0.3, -0.25) is 9.69 Å². The molecule has 0 spiro atoms. The van der Waals surface area contributed by atoms with Crippen molar-refractivity contribution in [2.45, 2.75) is 38.8 Å². The highest BCUT2D eigenvalue weighted by molar-refractivity contribution is 5.75. The summed E-state index contributed by atoms with van der Waals surface area (Å²) >= 11 is 0. The Labute approximate surface area is 149 Å². The molecule has 3 amide bonds. The van der Waals surface area contributed by atoms with Gasteiger partial charge in [-0.1, -0.05) is 24.3 Å². The van der Waals surface area contributed by atoms with Gasteiger partial charge < -0.3 is 15.5 Å². The Bertz CT molecular complexity index is 619. The van der Waals surface area contributed by atoms with Crippen LogP contribution in [0, 0.1) is 0 Å². The van der Waals surface area contributed by atoms with E-state index in [1.807, 2.05) is 4.90 Å². The summed E-state index contributed by atoms with van der Waals surface area (Å²) in [5.74, 6) is -0.0300. The van der Waals surface area contributed by atoms with E-state index in [-0.39, 0.29) is 18.0 Å². The first kappa shape index (κ1) is 17.7. The first-order valence-corrected chi connectivity index (χ1v) is 9.21. The number of fused-ring (bicyclic) bond motifs is 1. The lowest BCUT2D eigenvalue weighted by Gasteiger charge is -2.33. The highest BCUT2D eigenvalue weighted by Gasteiger charge is 2.24. The predicted molar refractivity (Wildman–Crippen MR) is 97.2 cm³/mol. The van der Waals surface area contributed by atoms with E-state index in [4.69, 9.17) is 0 Å². The summed E-state index contributed by atoms with van der Waals surface area (Å²) in [5, 5.41) is 5.95. The Morgan fingerprint density at radius 1 is 1.20 bits per heavy atom. The first-order valence-electron chi connectivity index (χ1n) is 9.21. The van der Waals surface area contributed by atoms with E-state index in [9.17, 15) is 9.59 Å². The van der Waals surface area contributed by atoms with E-state index in [2.05, 4.69) is 39.8 Å². The van der Waals surface area contributed by atoms with Crippen molar-refractivity contribution in [2.75, 3.05) is 32.7 Å². The zero-order valence-corrected chi connectivity index (χ0v) is 15.0. The predicted octanol–water partition coefficient (Wildman–Crippen LogP) is 1.35. The number of hydrogen-bond acceptors (Lipinski definition) is 3. The van der Waals surface area contributed by atoms with Crippen LogP contribution in [0.3, 0.4) is 0 Å². The molecule has 0 aromatic heterocycles. The van der Waals surface area contributed by atoms with E-state index in [1.54, 1.807) is 0 Å². The summed E-state index contributed by atoms with van der Waals surface area (Å²) in [6.45, 7) is 6.41. The first-order chi connectivity index (χ1) is 12.1. The molecule has 1 fully saturated rings. The molecule has 2 heterocycles. The lowest BCUT2D eigenvalue weighted by Crippen LogP contribution is -2.52. The van der Waals surface area contributed by atoms with Gasteiger partial charge in [0.1, 0.15) is 0 Å². The van der Waals surface area contributed by atoms with Crippen molar-refractivity contribution in [1.29, 1.82) is 0 Å². The zero-order chi connectivity index (χ0) is 17.6. The second kappa shape index (κ2) is 8.34. The van der Waals surface area contributed by atoms with Crippen molar-refractivity contribution in [3.63, 3.8) is 0 Å². The SMILES string of the molecule is CC(=O)NC1CCCN(C(=O)NCCN2CCc3ccccc3C2)C1. The molecule has 1 aromatic rings. The van der Waals surface area contributed by atoms with Crippen LogP contribution in [-0.2, 0) is 17.8 Å². The van der Waals surface area contributed by atoms with Crippen molar-refractivity contribution >= 4 is 11.9 Å². The number of benzene rings is 1. The summed E-state index contributed by atoms with van der Waals surface area (Å²) in [6.07, 6.45) is 2.95. The fourth-order valence-corrected chi connectivity index (χ4v) is 3.74. The fourth-order valence-electron chi connectivity index (χ4n) is 3.74. The summed E-state index contributed by atoms with van der Waals surface area (Å²) in [4.78, 5) is 27.7. The summed E-state index contributed by atoms with van der Waals surface area (Å²) in [5.41, 5.74) is 2.84. The zero-order valence-electron chi connectivity index (χ0n) is 15.0.